The van der Waals surface area contributed by atoms with Crippen LogP contribution in [0.15, 0.2) is 71.8 Å². The molecule has 162 valence electrons. The lowest BCUT2D eigenvalue weighted by Crippen LogP contribution is -2.25. The SMILES string of the molecule is CCN(CC)c1nc(N/N=C\c2c(O)ccc3ccccc23)nc(Nc2ccccc2)n1. The van der Waals surface area contributed by atoms with Crippen LogP contribution in [0.1, 0.15) is 19.4 Å². The number of fused-ring (bicyclic) bond motifs is 1. The van der Waals surface area contributed by atoms with Crippen molar-refractivity contribution in [2.75, 3.05) is 28.7 Å². The van der Waals surface area contributed by atoms with Crippen LogP contribution >= 0.6 is 0 Å². The molecule has 0 saturated carbocycles. The number of aromatic hydroxyl groups is 1. The number of anilines is 4. The maximum Gasteiger partial charge on any atom is 0.250 e. The molecule has 8 heteroatoms. The van der Waals surface area contributed by atoms with Crippen molar-refractivity contribution < 1.29 is 5.11 Å². The molecule has 4 rings (SSSR count). The molecule has 4 aromatic rings. The first-order valence-corrected chi connectivity index (χ1v) is 10.5. The molecular weight excluding hydrogens is 402 g/mol. The number of hydrogen-bond acceptors (Lipinski definition) is 8. The molecule has 1 heterocycles. The predicted molar refractivity (Wildman–Crippen MR) is 130 cm³/mol. The molecule has 3 N–H and O–H groups in total. The minimum absolute atomic E-state index is 0.153. The molecular formula is C24H25N7O. The lowest BCUT2D eigenvalue weighted by Gasteiger charge is -2.19. The third-order valence-electron chi connectivity index (χ3n) is 5.01. The smallest absolute Gasteiger partial charge is 0.250 e. The van der Waals surface area contributed by atoms with Crippen LogP contribution in [0.2, 0.25) is 0 Å². The highest BCUT2D eigenvalue weighted by molar-refractivity contribution is 6.02. The zero-order chi connectivity index (χ0) is 22.3. The first kappa shape index (κ1) is 21.0. The summed E-state index contributed by atoms with van der Waals surface area (Å²) in [5.74, 6) is 1.42. The molecule has 0 aliphatic rings. The van der Waals surface area contributed by atoms with Crippen LogP contribution in [-0.2, 0) is 0 Å². The molecule has 1 aromatic heterocycles. The Morgan fingerprint density at radius 1 is 0.875 bits per heavy atom. The molecule has 0 aliphatic carbocycles. The summed E-state index contributed by atoms with van der Waals surface area (Å²) in [6.45, 7) is 5.62. The normalized spacial score (nSPS) is 11.1. The molecule has 0 aliphatic heterocycles. The van der Waals surface area contributed by atoms with Crippen molar-refractivity contribution in [3.63, 3.8) is 0 Å². The number of hydrogen-bond donors (Lipinski definition) is 3. The summed E-state index contributed by atoms with van der Waals surface area (Å²) in [5, 5.41) is 19.7. The number of nitrogens with one attached hydrogen (secondary N) is 2. The zero-order valence-electron chi connectivity index (χ0n) is 18.0. The Morgan fingerprint density at radius 2 is 1.59 bits per heavy atom. The number of aromatic nitrogens is 3. The minimum Gasteiger partial charge on any atom is -0.507 e. The number of hydrazone groups is 1. The molecule has 0 bridgehead atoms. The molecule has 0 amide bonds. The van der Waals surface area contributed by atoms with E-state index in [-0.39, 0.29) is 5.75 Å². The van der Waals surface area contributed by atoms with Gasteiger partial charge in [-0.15, -0.1) is 0 Å². The fourth-order valence-corrected chi connectivity index (χ4v) is 3.34. The van der Waals surface area contributed by atoms with Crippen molar-refractivity contribution in [3.8, 4) is 5.75 Å². The maximum absolute atomic E-state index is 10.3. The van der Waals surface area contributed by atoms with Gasteiger partial charge in [0.15, 0.2) is 0 Å². The number of nitrogens with zero attached hydrogens (tertiary/aromatic N) is 5. The van der Waals surface area contributed by atoms with Gasteiger partial charge in [0.25, 0.3) is 0 Å². The number of phenolic OH excluding ortho intramolecular Hbond substituents is 1. The van der Waals surface area contributed by atoms with Crippen LogP contribution in [0.25, 0.3) is 10.8 Å². The first-order chi connectivity index (χ1) is 15.7. The molecule has 0 radical (unpaired) electrons. The van der Waals surface area contributed by atoms with Crippen LogP contribution in [0.3, 0.4) is 0 Å². The van der Waals surface area contributed by atoms with Crippen molar-refractivity contribution in [3.05, 3.63) is 72.3 Å². The lowest BCUT2D eigenvalue weighted by molar-refractivity contribution is 0.475. The standard InChI is InChI=1S/C24H25N7O/c1-3-31(4-2)24-28-22(26-18-11-6-5-7-12-18)27-23(29-24)30-25-16-20-19-13-9-8-10-17(19)14-15-21(20)32/h5-16,32H,3-4H2,1-2H3,(H2,26,27,28,29,30)/b25-16-. The van der Waals surface area contributed by atoms with E-state index in [2.05, 4.69) is 30.8 Å². The number of para-hydroxylation sites is 1. The van der Waals surface area contributed by atoms with E-state index in [4.69, 9.17) is 0 Å². The van der Waals surface area contributed by atoms with Gasteiger partial charge < -0.3 is 15.3 Å². The topological polar surface area (TPSA) is 98.6 Å². The van der Waals surface area contributed by atoms with Gasteiger partial charge in [-0.25, -0.2) is 5.43 Å². The molecule has 0 spiro atoms. The highest BCUT2D eigenvalue weighted by atomic mass is 16.3. The van der Waals surface area contributed by atoms with Gasteiger partial charge in [0.05, 0.1) is 6.21 Å². The van der Waals surface area contributed by atoms with E-state index in [0.29, 0.717) is 23.4 Å². The Morgan fingerprint density at radius 3 is 2.38 bits per heavy atom. The summed E-state index contributed by atoms with van der Waals surface area (Å²) in [4.78, 5) is 15.5. The van der Waals surface area contributed by atoms with Crippen LogP contribution in [-0.4, -0.2) is 39.4 Å². The van der Waals surface area contributed by atoms with Gasteiger partial charge in [0.2, 0.25) is 17.8 Å². The summed E-state index contributed by atoms with van der Waals surface area (Å²) in [6, 6.07) is 21.1. The summed E-state index contributed by atoms with van der Waals surface area (Å²) in [5.41, 5.74) is 4.38. The van der Waals surface area contributed by atoms with Crippen LogP contribution < -0.4 is 15.6 Å². The Bertz CT molecular complexity index is 1220. The Labute approximate surface area is 186 Å². The average Bonchev–Trinajstić information content (AvgIpc) is 2.82. The molecule has 0 saturated heterocycles. The van der Waals surface area contributed by atoms with Crippen LogP contribution in [0.5, 0.6) is 5.75 Å². The quantitative estimate of drug-likeness (QED) is 0.275. The summed E-state index contributed by atoms with van der Waals surface area (Å²) in [6.07, 6.45) is 1.57. The monoisotopic (exact) mass is 427 g/mol. The van der Waals surface area contributed by atoms with Crippen molar-refractivity contribution >= 4 is 40.5 Å². The zero-order valence-corrected chi connectivity index (χ0v) is 18.0. The van der Waals surface area contributed by atoms with Gasteiger partial charge >= 0.3 is 0 Å². The summed E-state index contributed by atoms with van der Waals surface area (Å²) in [7, 11) is 0. The van der Waals surface area contributed by atoms with E-state index in [1.165, 1.54) is 0 Å². The highest BCUT2D eigenvalue weighted by Crippen LogP contribution is 2.25. The maximum atomic E-state index is 10.3. The Balaban J connectivity index is 1.63. The van der Waals surface area contributed by atoms with Gasteiger partial charge in [0.1, 0.15) is 5.75 Å². The first-order valence-electron chi connectivity index (χ1n) is 10.5. The van der Waals surface area contributed by atoms with E-state index in [0.717, 1.165) is 29.5 Å². The largest absolute Gasteiger partial charge is 0.507 e. The molecule has 8 nitrogen and oxygen atoms in total. The summed E-state index contributed by atoms with van der Waals surface area (Å²) >= 11 is 0. The number of phenols is 1. The van der Waals surface area contributed by atoms with Crippen molar-refractivity contribution in [2.45, 2.75) is 13.8 Å². The van der Waals surface area contributed by atoms with Gasteiger partial charge in [-0.1, -0.05) is 48.5 Å². The molecule has 0 unspecified atom stereocenters. The van der Waals surface area contributed by atoms with E-state index in [1.807, 2.05) is 79.4 Å². The highest BCUT2D eigenvalue weighted by Gasteiger charge is 2.11. The third-order valence-corrected chi connectivity index (χ3v) is 5.01. The lowest BCUT2D eigenvalue weighted by atomic mass is 10.0. The summed E-state index contributed by atoms with van der Waals surface area (Å²) < 4.78 is 0. The van der Waals surface area contributed by atoms with Gasteiger partial charge in [-0.2, -0.15) is 20.1 Å². The average molecular weight is 428 g/mol. The van der Waals surface area contributed by atoms with E-state index in [1.54, 1.807) is 12.3 Å². The minimum atomic E-state index is 0.153. The number of rotatable bonds is 8. The molecule has 32 heavy (non-hydrogen) atoms. The van der Waals surface area contributed by atoms with Crippen molar-refractivity contribution in [2.24, 2.45) is 5.10 Å². The predicted octanol–water partition coefficient (Wildman–Crippen LogP) is 4.77. The van der Waals surface area contributed by atoms with Gasteiger partial charge in [-0.05, 0) is 42.8 Å². The molecule has 3 aromatic carbocycles. The van der Waals surface area contributed by atoms with Crippen LogP contribution in [0.4, 0.5) is 23.5 Å². The second-order valence-electron chi connectivity index (χ2n) is 7.04. The van der Waals surface area contributed by atoms with Gasteiger partial charge in [0, 0.05) is 24.3 Å². The second-order valence-corrected chi connectivity index (χ2v) is 7.04. The van der Waals surface area contributed by atoms with Crippen molar-refractivity contribution in [1.29, 1.82) is 0 Å². The van der Waals surface area contributed by atoms with E-state index >= 15 is 0 Å². The fourth-order valence-electron chi connectivity index (χ4n) is 3.34. The Kier molecular flexibility index (Phi) is 6.41. The van der Waals surface area contributed by atoms with Crippen LogP contribution in [0, 0.1) is 0 Å². The third kappa shape index (κ3) is 4.75. The Hall–Kier alpha value is -4.20. The molecule has 0 fully saturated rings. The molecule has 0 atom stereocenters. The number of benzene rings is 3. The van der Waals surface area contributed by atoms with Gasteiger partial charge in [-0.3, -0.25) is 0 Å². The van der Waals surface area contributed by atoms with E-state index in [9.17, 15) is 5.11 Å². The van der Waals surface area contributed by atoms with Crippen molar-refractivity contribution in [1.82, 2.24) is 15.0 Å². The van der Waals surface area contributed by atoms with E-state index < -0.39 is 0 Å². The fraction of sp³-hybridized carbons (Fsp3) is 0.167. The second kappa shape index (κ2) is 9.74.